The van der Waals surface area contributed by atoms with Crippen LogP contribution in [0.2, 0.25) is 0 Å². The number of aliphatic hydroxyl groups excluding tert-OH is 1. The van der Waals surface area contributed by atoms with E-state index < -0.39 is 0 Å². The Morgan fingerprint density at radius 3 is 2.27 bits per heavy atom. The van der Waals surface area contributed by atoms with Crippen LogP contribution in [-0.2, 0) is 0 Å². The van der Waals surface area contributed by atoms with Gasteiger partial charge in [0, 0.05) is 6.61 Å². The van der Waals surface area contributed by atoms with Crippen molar-refractivity contribution in [3.8, 4) is 0 Å². The molecule has 0 aromatic rings. The van der Waals surface area contributed by atoms with Crippen LogP contribution in [0.25, 0.3) is 0 Å². The van der Waals surface area contributed by atoms with Crippen LogP contribution in [0.3, 0.4) is 0 Å². The fourth-order valence-electron chi connectivity index (χ4n) is 1.87. The molecule has 64 valence electrons. The molecule has 0 saturated carbocycles. The minimum atomic E-state index is 0.356. The molecule has 11 heavy (non-hydrogen) atoms. The zero-order valence-corrected chi connectivity index (χ0v) is 7.56. The van der Waals surface area contributed by atoms with Gasteiger partial charge in [-0.2, -0.15) is 0 Å². The Hall–Kier alpha value is -0.300. The lowest BCUT2D eigenvalue weighted by Crippen LogP contribution is -1.96. The minimum Gasteiger partial charge on any atom is -0.396 e. The highest BCUT2D eigenvalue weighted by molar-refractivity contribution is 5.16. The van der Waals surface area contributed by atoms with Gasteiger partial charge in [0.1, 0.15) is 0 Å². The maximum Gasteiger partial charge on any atom is 0.0431 e. The van der Waals surface area contributed by atoms with Gasteiger partial charge in [-0.1, -0.05) is 11.1 Å². The van der Waals surface area contributed by atoms with Gasteiger partial charge in [-0.3, -0.25) is 0 Å². The molecule has 0 saturated heterocycles. The summed E-state index contributed by atoms with van der Waals surface area (Å²) in [5.41, 5.74) is 3.15. The van der Waals surface area contributed by atoms with Crippen molar-refractivity contribution >= 4 is 0 Å². The van der Waals surface area contributed by atoms with Crippen molar-refractivity contribution in [2.45, 2.75) is 39.5 Å². The largest absolute Gasteiger partial charge is 0.396 e. The van der Waals surface area contributed by atoms with Crippen LogP contribution in [0.1, 0.15) is 39.5 Å². The third kappa shape index (κ3) is 2.33. The monoisotopic (exact) mass is 154 g/mol. The van der Waals surface area contributed by atoms with E-state index in [2.05, 4.69) is 13.8 Å². The van der Waals surface area contributed by atoms with Gasteiger partial charge >= 0.3 is 0 Å². The number of hydrogen-bond donors (Lipinski definition) is 1. The first-order valence-electron chi connectivity index (χ1n) is 4.50. The second-order valence-electron chi connectivity index (χ2n) is 3.70. The lowest BCUT2D eigenvalue weighted by atomic mass is 9.99. The average Bonchev–Trinajstić information content (AvgIpc) is 2.28. The topological polar surface area (TPSA) is 20.2 Å². The van der Waals surface area contributed by atoms with Crippen molar-refractivity contribution < 1.29 is 5.11 Å². The quantitative estimate of drug-likeness (QED) is 0.619. The maximum absolute atomic E-state index is 8.64. The van der Waals surface area contributed by atoms with Crippen LogP contribution in [-0.4, -0.2) is 11.7 Å². The van der Waals surface area contributed by atoms with E-state index in [4.69, 9.17) is 5.11 Å². The first kappa shape index (κ1) is 8.79. The molecule has 0 aromatic carbocycles. The van der Waals surface area contributed by atoms with E-state index in [1.54, 1.807) is 11.1 Å². The fraction of sp³-hybridized carbons (Fsp3) is 0.800. The third-order valence-corrected chi connectivity index (χ3v) is 2.69. The predicted molar refractivity (Wildman–Crippen MR) is 47.4 cm³/mol. The predicted octanol–water partition coefficient (Wildman–Crippen LogP) is 2.51. The van der Waals surface area contributed by atoms with Crippen molar-refractivity contribution in [1.29, 1.82) is 0 Å². The molecule has 0 heterocycles. The van der Waals surface area contributed by atoms with Crippen LogP contribution >= 0.6 is 0 Å². The van der Waals surface area contributed by atoms with Gasteiger partial charge in [-0.05, 0) is 45.4 Å². The van der Waals surface area contributed by atoms with Gasteiger partial charge in [0.05, 0.1) is 0 Å². The second-order valence-corrected chi connectivity index (χ2v) is 3.70. The zero-order valence-electron chi connectivity index (χ0n) is 7.56. The molecule has 0 atom stereocenters. The van der Waals surface area contributed by atoms with Gasteiger partial charge in [0.15, 0.2) is 0 Å². The smallest absolute Gasteiger partial charge is 0.0431 e. The van der Waals surface area contributed by atoms with Crippen molar-refractivity contribution in [1.82, 2.24) is 0 Å². The summed E-state index contributed by atoms with van der Waals surface area (Å²) in [5.74, 6) is 0.835. The van der Waals surface area contributed by atoms with E-state index >= 15 is 0 Å². The highest BCUT2D eigenvalue weighted by Gasteiger charge is 2.17. The molecule has 1 rings (SSSR count). The normalized spacial score (nSPS) is 19.9. The summed E-state index contributed by atoms with van der Waals surface area (Å²) >= 11 is 0. The highest BCUT2D eigenvalue weighted by Crippen LogP contribution is 2.33. The fourth-order valence-corrected chi connectivity index (χ4v) is 1.87. The molecule has 0 bridgehead atoms. The van der Waals surface area contributed by atoms with Crippen molar-refractivity contribution in [2.75, 3.05) is 6.61 Å². The maximum atomic E-state index is 8.64. The Morgan fingerprint density at radius 1 is 1.27 bits per heavy atom. The summed E-state index contributed by atoms with van der Waals surface area (Å²) in [5, 5.41) is 8.64. The molecule has 0 unspecified atom stereocenters. The Morgan fingerprint density at radius 2 is 1.82 bits per heavy atom. The Balaban J connectivity index is 2.24. The molecule has 0 aromatic heterocycles. The standard InChI is InChI=1S/C10H18O/c1-8-6-10(4-3-5-11)7-9(8)2/h10-11H,3-7H2,1-2H3. The molecule has 1 aliphatic rings. The van der Waals surface area contributed by atoms with Crippen LogP contribution in [0.15, 0.2) is 11.1 Å². The molecule has 1 nitrogen and oxygen atoms in total. The molecule has 0 spiro atoms. The number of allylic oxidation sites excluding steroid dienone is 2. The Bertz CT molecular complexity index is 144. The summed E-state index contributed by atoms with van der Waals surface area (Å²) in [4.78, 5) is 0. The molecule has 0 amide bonds. The summed E-state index contributed by atoms with van der Waals surface area (Å²) in [6.45, 7) is 4.82. The first-order valence-corrected chi connectivity index (χ1v) is 4.50. The molecule has 1 N–H and O–H groups in total. The van der Waals surface area contributed by atoms with Crippen molar-refractivity contribution in [2.24, 2.45) is 5.92 Å². The Kier molecular flexibility index (Phi) is 3.13. The van der Waals surface area contributed by atoms with Gasteiger partial charge in [-0.15, -0.1) is 0 Å². The zero-order chi connectivity index (χ0) is 8.27. The molecule has 1 aliphatic carbocycles. The summed E-state index contributed by atoms with van der Waals surface area (Å²) in [6, 6.07) is 0. The lowest BCUT2D eigenvalue weighted by molar-refractivity contribution is 0.272. The molecule has 1 heteroatoms. The summed E-state index contributed by atoms with van der Waals surface area (Å²) in [7, 11) is 0. The molecule has 0 fully saturated rings. The van der Waals surface area contributed by atoms with E-state index in [1.807, 2.05) is 0 Å². The van der Waals surface area contributed by atoms with E-state index in [-0.39, 0.29) is 0 Å². The summed E-state index contributed by atoms with van der Waals surface area (Å²) < 4.78 is 0. The minimum absolute atomic E-state index is 0.356. The van der Waals surface area contributed by atoms with Crippen molar-refractivity contribution in [3.05, 3.63) is 11.1 Å². The van der Waals surface area contributed by atoms with Crippen LogP contribution in [0, 0.1) is 5.92 Å². The van der Waals surface area contributed by atoms with Crippen LogP contribution < -0.4 is 0 Å². The van der Waals surface area contributed by atoms with E-state index in [9.17, 15) is 0 Å². The molecule has 0 aliphatic heterocycles. The third-order valence-electron chi connectivity index (χ3n) is 2.69. The number of rotatable bonds is 3. The average molecular weight is 154 g/mol. The number of hydrogen-bond acceptors (Lipinski definition) is 1. The Labute approximate surface area is 69.1 Å². The lowest BCUT2D eigenvalue weighted by Gasteiger charge is -2.07. The SMILES string of the molecule is CC1=C(C)CC(CCCO)C1. The van der Waals surface area contributed by atoms with Gasteiger partial charge in [0.25, 0.3) is 0 Å². The van der Waals surface area contributed by atoms with Gasteiger partial charge < -0.3 is 5.11 Å². The summed E-state index contributed by atoms with van der Waals surface area (Å²) in [6.07, 6.45) is 4.72. The van der Waals surface area contributed by atoms with Gasteiger partial charge in [-0.25, -0.2) is 0 Å². The van der Waals surface area contributed by atoms with Crippen LogP contribution in [0.5, 0.6) is 0 Å². The van der Waals surface area contributed by atoms with E-state index in [1.165, 1.54) is 19.3 Å². The molecule has 0 radical (unpaired) electrons. The van der Waals surface area contributed by atoms with Crippen molar-refractivity contribution in [3.63, 3.8) is 0 Å². The molecular formula is C10H18O. The first-order chi connectivity index (χ1) is 5.24. The number of aliphatic hydroxyl groups is 1. The highest BCUT2D eigenvalue weighted by atomic mass is 16.2. The van der Waals surface area contributed by atoms with E-state index in [0.29, 0.717) is 6.61 Å². The molecular weight excluding hydrogens is 136 g/mol. The van der Waals surface area contributed by atoms with Gasteiger partial charge in [0.2, 0.25) is 0 Å². The van der Waals surface area contributed by atoms with Crippen LogP contribution in [0.4, 0.5) is 0 Å². The van der Waals surface area contributed by atoms with E-state index in [0.717, 1.165) is 12.3 Å². The second kappa shape index (κ2) is 3.91.